The normalized spacial score (nSPS) is 12.1. The Morgan fingerprint density at radius 2 is 2.15 bits per heavy atom. The highest BCUT2D eigenvalue weighted by Crippen LogP contribution is 2.02. The van der Waals surface area contributed by atoms with Crippen LogP contribution in [0.15, 0.2) is 24.9 Å². The van der Waals surface area contributed by atoms with Crippen molar-refractivity contribution in [1.29, 1.82) is 0 Å². The van der Waals surface area contributed by atoms with E-state index in [1.165, 1.54) is 6.33 Å². The third-order valence-corrected chi connectivity index (χ3v) is 2.76. The number of aromatic amines is 1. The zero-order valence-electron chi connectivity index (χ0n) is 11.0. The van der Waals surface area contributed by atoms with Gasteiger partial charge in [-0.05, 0) is 0 Å². The van der Waals surface area contributed by atoms with Crippen LogP contribution < -0.4 is 10.6 Å². The van der Waals surface area contributed by atoms with Gasteiger partial charge in [-0.3, -0.25) is 10.1 Å². The summed E-state index contributed by atoms with van der Waals surface area (Å²) in [6.45, 7) is 0.384. The fourth-order valence-corrected chi connectivity index (χ4v) is 1.68. The van der Waals surface area contributed by atoms with E-state index in [0.29, 0.717) is 18.9 Å². The number of aromatic nitrogens is 4. The highest BCUT2D eigenvalue weighted by Gasteiger charge is 2.18. The number of nitrogens with one attached hydrogen (secondary N) is 3. The van der Waals surface area contributed by atoms with Crippen molar-refractivity contribution < 1.29 is 9.90 Å². The molecule has 2 rings (SSSR count). The number of hydrogen-bond acceptors (Lipinski definition) is 6. The molecule has 0 amide bonds. The molecule has 8 nitrogen and oxygen atoms in total. The number of H-pyrrole nitrogens is 1. The lowest BCUT2D eigenvalue weighted by Gasteiger charge is -2.13. The second-order valence-corrected chi connectivity index (χ2v) is 4.22. The minimum Gasteiger partial charge on any atom is -0.480 e. The van der Waals surface area contributed by atoms with Crippen LogP contribution in [-0.2, 0) is 17.8 Å². The quantitative estimate of drug-likeness (QED) is 0.563. The van der Waals surface area contributed by atoms with Gasteiger partial charge in [-0.1, -0.05) is 0 Å². The van der Waals surface area contributed by atoms with Crippen LogP contribution in [0.25, 0.3) is 0 Å². The number of aliphatic carboxylic acids is 1. The summed E-state index contributed by atoms with van der Waals surface area (Å²) in [5.41, 5.74) is 1.59. The molecular formula is C12H16N6O2. The topological polar surface area (TPSA) is 116 Å². The molecule has 2 aromatic heterocycles. The average Bonchev–Trinajstić information content (AvgIpc) is 2.96. The van der Waals surface area contributed by atoms with Gasteiger partial charge in [0.15, 0.2) is 0 Å². The minimum absolute atomic E-state index is 0.338. The standard InChI is InChI=1S/C12H16N6O2/c1-13-12-16-4-8(5-17-12)3-15-10(11(19)20)2-9-6-14-7-18-9/h4-7,10,15H,2-3H2,1H3,(H,14,18)(H,19,20)(H,13,16,17)/t10-/m0/s1. The molecular weight excluding hydrogens is 260 g/mol. The first-order valence-corrected chi connectivity index (χ1v) is 6.11. The lowest BCUT2D eigenvalue weighted by atomic mass is 10.1. The largest absolute Gasteiger partial charge is 0.480 e. The Morgan fingerprint density at radius 1 is 1.40 bits per heavy atom. The lowest BCUT2D eigenvalue weighted by molar-refractivity contribution is -0.139. The Bertz CT molecular complexity index is 540. The molecule has 0 spiro atoms. The number of hydrogen-bond donors (Lipinski definition) is 4. The molecule has 0 bridgehead atoms. The Labute approximate surface area is 115 Å². The molecule has 0 radical (unpaired) electrons. The summed E-state index contributed by atoms with van der Waals surface area (Å²) in [5, 5.41) is 15.0. The molecule has 0 aliphatic rings. The lowest BCUT2D eigenvalue weighted by Crippen LogP contribution is -2.38. The zero-order valence-corrected chi connectivity index (χ0v) is 11.0. The Kier molecular flexibility index (Phi) is 4.61. The second-order valence-electron chi connectivity index (χ2n) is 4.22. The highest BCUT2D eigenvalue weighted by molar-refractivity contribution is 5.73. The van der Waals surface area contributed by atoms with Crippen LogP contribution in [0.1, 0.15) is 11.3 Å². The van der Waals surface area contributed by atoms with Gasteiger partial charge in [-0.15, -0.1) is 0 Å². The van der Waals surface area contributed by atoms with Gasteiger partial charge >= 0.3 is 5.97 Å². The smallest absolute Gasteiger partial charge is 0.321 e. The third kappa shape index (κ3) is 3.75. The van der Waals surface area contributed by atoms with E-state index in [1.54, 1.807) is 25.6 Å². The molecule has 0 aromatic carbocycles. The maximum absolute atomic E-state index is 11.2. The SMILES string of the molecule is CNc1ncc(CN[C@@H](Cc2cnc[nH]2)C(=O)O)cn1. The van der Waals surface area contributed by atoms with Gasteiger partial charge < -0.3 is 15.4 Å². The molecule has 0 saturated carbocycles. The maximum atomic E-state index is 11.2. The van der Waals surface area contributed by atoms with Crippen molar-refractivity contribution in [3.63, 3.8) is 0 Å². The van der Waals surface area contributed by atoms with E-state index in [2.05, 4.69) is 30.6 Å². The monoisotopic (exact) mass is 276 g/mol. The number of carbonyl (C=O) groups is 1. The first-order chi connectivity index (χ1) is 9.69. The molecule has 8 heteroatoms. The van der Waals surface area contributed by atoms with Gasteiger partial charge in [0.1, 0.15) is 6.04 Å². The van der Waals surface area contributed by atoms with Crippen LogP contribution in [0, 0.1) is 0 Å². The number of anilines is 1. The van der Waals surface area contributed by atoms with E-state index in [-0.39, 0.29) is 0 Å². The van der Waals surface area contributed by atoms with Crippen molar-refractivity contribution in [2.24, 2.45) is 0 Å². The molecule has 0 fully saturated rings. The highest BCUT2D eigenvalue weighted by atomic mass is 16.4. The molecule has 1 atom stereocenters. The third-order valence-electron chi connectivity index (χ3n) is 2.76. The molecule has 0 aliphatic carbocycles. The first-order valence-electron chi connectivity index (χ1n) is 6.11. The summed E-state index contributed by atoms with van der Waals surface area (Å²) >= 11 is 0. The number of carboxylic acid groups (broad SMARTS) is 1. The maximum Gasteiger partial charge on any atom is 0.321 e. The van der Waals surface area contributed by atoms with Crippen LogP contribution in [-0.4, -0.2) is 44.1 Å². The van der Waals surface area contributed by atoms with Gasteiger partial charge in [-0.2, -0.15) is 0 Å². The molecule has 2 heterocycles. The minimum atomic E-state index is -0.910. The van der Waals surface area contributed by atoms with Gasteiger partial charge in [0.05, 0.1) is 6.33 Å². The van der Waals surface area contributed by atoms with Gasteiger partial charge in [-0.25, -0.2) is 15.0 Å². The van der Waals surface area contributed by atoms with E-state index in [4.69, 9.17) is 0 Å². The molecule has 4 N–H and O–H groups in total. The van der Waals surface area contributed by atoms with Crippen molar-refractivity contribution in [2.75, 3.05) is 12.4 Å². The molecule has 106 valence electrons. The molecule has 20 heavy (non-hydrogen) atoms. The first kappa shape index (κ1) is 13.9. The van der Waals surface area contributed by atoms with E-state index in [1.807, 2.05) is 0 Å². The van der Waals surface area contributed by atoms with Gasteiger partial charge in [0, 0.05) is 49.9 Å². The number of imidazole rings is 1. The van der Waals surface area contributed by atoms with Crippen LogP contribution in [0.5, 0.6) is 0 Å². The Morgan fingerprint density at radius 3 is 2.70 bits per heavy atom. The van der Waals surface area contributed by atoms with Crippen molar-refractivity contribution in [3.05, 3.63) is 36.2 Å². The van der Waals surface area contributed by atoms with Gasteiger partial charge in [0.2, 0.25) is 5.95 Å². The predicted molar refractivity (Wildman–Crippen MR) is 72.1 cm³/mol. The zero-order chi connectivity index (χ0) is 14.4. The molecule has 2 aromatic rings. The van der Waals surface area contributed by atoms with E-state index < -0.39 is 12.0 Å². The molecule has 0 saturated heterocycles. The van der Waals surface area contributed by atoms with Crippen LogP contribution in [0.2, 0.25) is 0 Å². The van der Waals surface area contributed by atoms with Crippen molar-refractivity contribution >= 4 is 11.9 Å². The Hall–Kier alpha value is -2.48. The molecule has 0 aliphatic heterocycles. The summed E-state index contributed by atoms with van der Waals surface area (Å²) in [4.78, 5) is 26.1. The fourth-order valence-electron chi connectivity index (χ4n) is 1.68. The van der Waals surface area contributed by atoms with Crippen LogP contribution in [0.4, 0.5) is 5.95 Å². The second kappa shape index (κ2) is 6.62. The predicted octanol–water partition coefficient (Wildman–Crippen LogP) is 0.0269. The molecule has 0 unspecified atom stereocenters. The number of nitrogens with zero attached hydrogens (tertiary/aromatic N) is 3. The summed E-state index contributed by atoms with van der Waals surface area (Å²) in [5.74, 6) is -0.381. The van der Waals surface area contributed by atoms with E-state index in [0.717, 1.165) is 11.3 Å². The van der Waals surface area contributed by atoms with E-state index >= 15 is 0 Å². The van der Waals surface area contributed by atoms with Crippen LogP contribution >= 0.6 is 0 Å². The summed E-state index contributed by atoms with van der Waals surface area (Å²) in [6.07, 6.45) is 6.79. The van der Waals surface area contributed by atoms with Crippen molar-refractivity contribution in [2.45, 2.75) is 19.0 Å². The Balaban J connectivity index is 1.92. The van der Waals surface area contributed by atoms with Crippen molar-refractivity contribution in [3.8, 4) is 0 Å². The van der Waals surface area contributed by atoms with E-state index in [9.17, 15) is 9.90 Å². The van der Waals surface area contributed by atoms with Crippen LogP contribution in [0.3, 0.4) is 0 Å². The van der Waals surface area contributed by atoms with Crippen molar-refractivity contribution in [1.82, 2.24) is 25.3 Å². The average molecular weight is 276 g/mol. The number of carboxylic acids is 1. The summed E-state index contributed by atoms with van der Waals surface area (Å²) in [6, 6.07) is -0.695. The van der Waals surface area contributed by atoms with Gasteiger partial charge in [0.25, 0.3) is 0 Å². The number of rotatable bonds is 7. The summed E-state index contributed by atoms with van der Waals surface area (Å²) < 4.78 is 0. The fraction of sp³-hybridized carbons (Fsp3) is 0.333. The summed E-state index contributed by atoms with van der Waals surface area (Å²) in [7, 11) is 1.73.